The lowest BCUT2D eigenvalue weighted by Gasteiger charge is -2.25. The van der Waals surface area contributed by atoms with Crippen molar-refractivity contribution in [3.63, 3.8) is 0 Å². The summed E-state index contributed by atoms with van der Waals surface area (Å²) >= 11 is 8.59. The number of hydrogen-bond donors (Lipinski definition) is 0. The number of hydrogen-bond acceptors (Lipinski definition) is 1. The van der Waals surface area contributed by atoms with E-state index in [2.05, 4.69) is 65.0 Å². The van der Waals surface area contributed by atoms with E-state index in [0.29, 0.717) is 0 Å². The Hall–Kier alpha value is -0.790. The maximum Gasteiger partial charge on any atom is 0.0849 e. The fourth-order valence-corrected chi connectivity index (χ4v) is 3.92. The summed E-state index contributed by atoms with van der Waals surface area (Å²) in [5.41, 5.74) is 3.93. The molecule has 102 valence electrons. The van der Waals surface area contributed by atoms with Gasteiger partial charge >= 0.3 is 0 Å². The van der Waals surface area contributed by atoms with Crippen LogP contribution in [0.15, 0.2) is 30.3 Å². The quantitative estimate of drug-likeness (QED) is 0.596. The van der Waals surface area contributed by atoms with Crippen molar-refractivity contribution < 1.29 is 0 Å². The number of benzene rings is 1. The van der Waals surface area contributed by atoms with Crippen molar-refractivity contribution >= 4 is 22.9 Å². The molecule has 2 rings (SSSR count). The van der Waals surface area contributed by atoms with Crippen molar-refractivity contribution in [3.8, 4) is 0 Å². The van der Waals surface area contributed by atoms with Gasteiger partial charge in [-0.15, -0.1) is 22.9 Å². The van der Waals surface area contributed by atoms with Crippen LogP contribution < -0.4 is 0 Å². The van der Waals surface area contributed by atoms with Gasteiger partial charge in [0.2, 0.25) is 0 Å². The van der Waals surface area contributed by atoms with E-state index < -0.39 is 0 Å². The molecule has 0 aliphatic rings. The fourth-order valence-electron chi connectivity index (χ4n) is 2.47. The Morgan fingerprint density at radius 3 is 2.21 bits per heavy atom. The Morgan fingerprint density at radius 1 is 1.05 bits per heavy atom. The van der Waals surface area contributed by atoms with Crippen LogP contribution in [-0.4, -0.2) is 0 Å². The Balaban J connectivity index is 2.50. The van der Waals surface area contributed by atoms with Gasteiger partial charge < -0.3 is 0 Å². The highest BCUT2D eigenvalue weighted by Gasteiger charge is 2.23. The molecule has 1 aromatic carbocycles. The van der Waals surface area contributed by atoms with Gasteiger partial charge in [0.15, 0.2) is 0 Å². The van der Waals surface area contributed by atoms with Crippen LogP contribution in [0.1, 0.15) is 52.6 Å². The lowest BCUT2D eigenvalue weighted by Crippen LogP contribution is -2.15. The smallest absolute Gasteiger partial charge is 0.0849 e. The number of aryl methyl sites for hydroxylation is 2. The van der Waals surface area contributed by atoms with E-state index in [1.165, 1.54) is 26.4 Å². The first-order valence-electron chi connectivity index (χ1n) is 6.61. The molecule has 0 aliphatic heterocycles. The van der Waals surface area contributed by atoms with Gasteiger partial charge in [-0.1, -0.05) is 45.0 Å². The first kappa shape index (κ1) is 14.6. The van der Waals surface area contributed by atoms with Crippen molar-refractivity contribution in [3.05, 3.63) is 56.8 Å². The minimum absolute atomic E-state index is 0.0552. The van der Waals surface area contributed by atoms with E-state index in [0.717, 1.165) is 0 Å². The van der Waals surface area contributed by atoms with Gasteiger partial charge in [-0.3, -0.25) is 0 Å². The second kappa shape index (κ2) is 5.30. The van der Waals surface area contributed by atoms with E-state index in [1.54, 1.807) is 0 Å². The van der Waals surface area contributed by atoms with E-state index in [4.69, 9.17) is 11.6 Å². The molecule has 2 heteroatoms. The molecule has 0 amide bonds. The lowest BCUT2D eigenvalue weighted by molar-refractivity contribution is 0.583. The van der Waals surface area contributed by atoms with Gasteiger partial charge in [-0.25, -0.2) is 0 Å². The molecule has 1 aromatic heterocycles. The van der Waals surface area contributed by atoms with Crippen molar-refractivity contribution in [2.45, 2.75) is 45.4 Å². The van der Waals surface area contributed by atoms with Crippen LogP contribution in [0.5, 0.6) is 0 Å². The standard InChI is InChI=1S/C17H21ClS/c1-11-10-14(12(2)19-11)16(18)13-8-6-7-9-15(13)17(3,4)5/h6-10,16H,1-5H3. The van der Waals surface area contributed by atoms with Gasteiger partial charge in [0, 0.05) is 9.75 Å². The minimum Gasteiger partial charge on any atom is -0.146 e. The van der Waals surface area contributed by atoms with E-state index in [-0.39, 0.29) is 10.8 Å². The van der Waals surface area contributed by atoms with E-state index >= 15 is 0 Å². The molecule has 0 saturated heterocycles. The summed E-state index contributed by atoms with van der Waals surface area (Å²) in [6.07, 6.45) is 0. The summed E-state index contributed by atoms with van der Waals surface area (Å²) in [6.45, 7) is 11.0. The van der Waals surface area contributed by atoms with Crippen molar-refractivity contribution in [1.29, 1.82) is 0 Å². The fraction of sp³-hybridized carbons (Fsp3) is 0.412. The zero-order valence-corrected chi connectivity index (χ0v) is 13.8. The van der Waals surface area contributed by atoms with Gasteiger partial charge in [0.1, 0.15) is 0 Å². The summed E-state index contributed by atoms with van der Waals surface area (Å²) in [7, 11) is 0. The molecule has 0 nitrogen and oxygen atoms in total. The highest BCUT2D eigenvalue weighted by molar-refractivity contribution is 7.12. The molecule has 0 bridgehead atoms. The Morgan fingerprint density at radius 2 is 1.68 bits per heavy atom. The summed E-state index contributed by atoms with van der Waals surface area (Å²) in [6, 6.07) is 10.7. The second-order valence-corrected chi connectivity index (χ2v) is 7.97. The first-order valence-corrected chi connectivity index (χ1v) is 7.86. The molecule has 0 N–H and O–H groups in total. The zero-order chi connectivity index (χ0) is 14.2. The predicted molar refractivity (Wildman–Crippen MR) is 86.6 cm³/mol. The normalized spacial score (nSPS) is 13.6. The van der Waals surface area contributed by atoms with Crippen LogP contribution >= 0.6 is 22.9 Å². The highest BCUT2D eigenvalue weighted by Crippen LogP contribution is 2.39. The van der Waals surface area contributed by atoms with Crippen LogP contribution in [-0.2, 0) is 5.41 Å². The third kappa shape index (κ3) is 3.04. The molecule has 1 heterocycles. The van der Waals surface area contributed by atoms with Crippen LogP contribution in [0, 0.1) is 13.8 Å². The van der Waals surface area contributed by atoms with Crippen molar-refractivity contribution in [2.75, 3.05) is 0 Å². The topological polar surface area (TPSA) is 0 Å². The Labute approximate surface area is 125 Å². The molecular weight excluding hydrogens is 272 g/mol. The molecule has 1 atom stereocenters. The monoisotopic (exact) mass is 292 g/mol. The van der Waals surface area contributed by atoms with Crippen LogP contribution in [0.25, 0.3) is 0 Å². The average molecular weight is 293 g/mol. The number of alkyl halides is 1. The molecule has 19 heavy (non-hydrogen) atoms. The molecular formula is C17H21ClS. The number of thiophene rings is 1. The molecule has 2 aromatic rings. The molecule has 0 radical (unpaired) electrons. The van der Waals surface area contributed by atoms with E-state index in [1.807, 2.05) is 11.3 Å². The van der Waals surface area contributed by atoms with E-state index in [9.17, 15) is 0 Å². The molecule has 0 saturated carbocycles. The van der Waals surface area contributed by atoms with Crippen LogP contribution in [0.4, 0.5) is 0 Å². The maximum absolute atomic E-state index is 6.77. The largest absolute Gasteiger partial charge is 0.146 e. The summed E-state index contributed by atoms with van der Waals surface area (Å²) < 4.78 is 0. The van der Waals surface area contributed by atoms with Crippen molar-refractivity contribution in [2.24, 2.45) is 0 Å². The summed E-state index contributed by atoms with van der Waals surface area (Å²) in [4.78, 5) is 2.65. The van der Waals surface area contributed by atoms with Crippen LogP contribution in [0.2, 0.25) is 0 Å². The molecule has 0 spiro atoms. The lowest BCUT2D eigenvalue weighted by atomic mass is 9.82. The number of halogens is 1. The second-order valence-electron chi connectivity index (χ2n) is 6.07. The Kier molecular flexibility index (Phi) is 4.08. The van der Waals surface area contributed by atoms with Gasteiger partial charge in [-0.05, 0) is 42.0 Å². The van der Waals surface area contributed by atoms with Gasteiger partial charge in [-0.2, -0.15) is 0 Å². The molecule has 0 fully saturated rings. The van der Waals surface area contributed by atoms with Crippen LogP contribution in [0.3, 0.4) is 0 Å². The minimum atomic E-state index is -0.0552. The molecule has 0 aliphatic carbocycles. The Bertz CT molecular complexity index is 575. The third-order valence-corrected chi connectivity index (χ3v) is 4.85. The number of rotatable bonds is 2. The maximum atomic E-state index is 6.77. The van der Waals surface area contributed by atoms with Crippen molar-refractivity contribution in [1.82, 2.24) is 0 Å². The van der Waals surface area contributed by atoms with Gasteiger partial charge in [0.25, 0.3) is 0 Å². The molecule has 1 unspecified atom stereocenters. The first-order chi connectivity index (χ1) is 8.80. The summed E-state index contributed by atoms with van der Waals surface area (Å²) in [5.74, 6) is 0. The zero-order valence-electron chi connectivity index (χ0n) is 12.3. The predicted octanol–water partition coefficient (Wildman–Crippen LogP) is 5.99. The van der Waals surface area contributed by atoms with Gasteiger partial charge in [0.05, 0.1) is 5.38 Å². The SMILES string of the molecule is Cc1cc(C(Cl)c2ccccc2C(C)(C)C)c(C)s1. The highest BCUT2D eigenvalue weighted by atomic mass is 35.5. The average Bonchev–Trinajstić information content (AvgIpc) is 2.66. The third-order valence-electron chi connectivity index (χ3n) is 3.39. The summed E-state index contributed by atoms with van der Waals surface area (Å²) in [5, 5.41) is -0.0552.